The summed E-state index contributed by atoms with van der Waals surface area (Å²) in [7, 11) is 0. The Hall–Kier alpha value is -1.37. The second-order valence-electron chi connectivity index (χ2n) is 4.83. The van der Waals surface area contributed by atoms with Crippen LogP contribution in [0, 0.1) is 0 Å². The Kier molecular flexibility index (Phi) is 3.77. The third-order valence-corrected chi connectivity index (χ3v) is 4.36. The van der Waals surface area contributed by atoms with Gasteiger partial charge in [-0.15, -0.1) is 0 Å². The molecular weight excluding hydrogens is 398 g/mol. The highest BCUT2D eigenvalue weighted by molar-refractivity contribution is 9.11. The zero-order chi connectivity index (χ0) is 15.1. The van der Waals surface area contributed by atoms with Crippen LogP contribution in [0.5, 0.6) is 0 Å². The fraction of sp³-hybridized carbons (Fsp3) is 0.133. The van der Waals surface area contributed by atoms with E-state index in [9.17, 15) is 5.11 Å². The zero-order valence-corrected chi connectivity index (χ0v) is 14.4. The van der Waals surface area contributed by atoms with Crippen LogP contribution in [0.2, 0.25) is 0 Å². The number of halogens is 2. The molecule has 1 aromatic heterocycles. The minimum Gasteiger partial charge on any atom is -0.399 e. The summed E-state index contributed by atoms with van der Waals surface area (Å²) in [6.07, 6.45) is -0.686. The third-order valence-electron chi connectivity index (χ3n) is 3.23. The number of benzene rings is 2. The standard InChI is InChI=1S/C15H13Br2N3O/c1-8(21)15-19-12-7-10(18)3-5-14(12)20(15)13-4-2-9(16)6-11(13)17/h2-8,21H,18H2,1H3. The van der Waals surface area contributed by atoms with Crippen molar-refractivity contribution in [3.8, 4) is 5.69 Å². The molecule has 0 aliphatic rings. The first-order chi connectivity index (χ1) is 9.97. The molecule has 3 rings (SSSR count). The van der Waals surface area contributed by atoms with Crippen molar-refractivity contribution in [2.24, 2.45) is 0 Å². The Bertz CT molecular complexity index is 827. The van der Waals surface area contributed by atoms with E-state index in [1.807, 2.05) is 41.0 Å². The van der Waals surface area contributed by atoms with Crippen molar-refractivity contribution in [2.75, 3.05) is 5.73 Å². The van der Waals surface area contributed by atoms with Gasteiger partial charge in [0.25, 0.3) is 0 Å². The number of hydrogen-bond donors (Lipinski definition) is 2. The summed E-state index contributed by atoms with van der Waals surface area (Å²) in [6, 6.07) is 11.4. The first-order valence-electron chi connectivity index (χ1n) is 6.38. The molecule has 3 aromatic rings. The van der Waals surface area contributed by atoms with Crippen molar-refractivity contribution in [1.82, 2.24) is 9.55 Å². The number of nitrogen functional groups attached to an aromatic ring is 1. The molecule has 0 spiro atoms. The van der Waals surface area contributed by atoms with E-state index in [4.69, 9.17) is 5.73 Å². The molecule has 1 unspecified atom stereocenters. The highest BCUT2D eigenvalue weighted by atomic mass is 79.9. The molecule has 0 amide bonds. The van der Waals surface area contributed by atoms with Crippen molar-refractivity contribution in [3.63, 3.8) is 0 Å². The molecule has 0 radical (unpaired) electrons. The van der Waals surface area contributed by atoms with Gasteiger partial charge in [0.05, 0.1) is 16.7 Å². The number of aromatic nitrogens is 2. The van der Waals surface area contributed by atoms with Crippen LogP contribution in [-0.4, -0.2) is 14.7 Å². The molecule has 0 saturated heterocycles. The molecule has 108 valence electrons. The van der Waals surface area contributed by atoms with E-state index >= 15 is 0 Å². The number of fused-ring (bicyclic) bond motifs is 1. The molecule has 3 N–H and O–H groups in total. The maximum absolute atomic E-state index is 10.0. The van der Waals surface area contributed by atoms with Crippen molar-refractivity contribution >= 4 is 48.6 Å². The summed E-state index contributed by atoms with van der Waals surface area (Å²) >= 11 is 7.01. The van der Waals surface area contributed by atoms with E-state index in [1.54, 1.807) is 6.92 Å². The molecule has 21 heavy (non-hydrogen) atoms. The Labute approximate surface area is 138 Å². The molecule has 6 heteroatoms. The fourth-order valence-corrected chi connectivity index (χ4v) is 3.54. The van der Waals surface area contributed by atoms with E-state index < -0.39 is 6.10 Å². The summed E-state index contributed by atoms with van der Waals surface area (Å²) in [5, 5.41) is 10.0. The Balaban J connectivity index is 2.36. The van der Waals surface area contributed by atoms with Crippen molar-refractivity contribution in [1.29, 1.82) is 0 Å². The molecule has 0 aliphatic heterocycles. The molecule has 1 heterocycles. The van der Waals surface area contributed by atoms with Crippen LogP contribution in [0.15, 0.2) is 45.3 Å². The summed E-state index contributed by atoms with van der Waals surface area (Å²) in [5.41, 5.74) is 9.06. The van der Waals surface area contributed by atoms with Crippen LogP contribution in [0.1, 0.15) is 18.9 Å². The lowest BCUT2D eigenvalue weighted by Gasteiger charge is -2.13. The molecule has 2 aromatic carbocycles. The van der Waals surface area contributed by atoms with Crippen molar-refractivity contribution in [2.45, 2.75) is 13.0 Å². The minimum absolute atomic E-state index is 0.582. The molecule has 1 atom stereocenters. The largest absolute Gasteiger partial charge is 0.399 e. The second kappa shape index (κ2) is 5.44. The van der Waals surface area contributed by atoms with Gasteiger partial charge in [0.2, 0.25) is 0 Å². The Morgan fingerprint density at radius 3 is 2.62 bits per heavy atom. The highest BCUT2D eigenvalue weighted by Gasteiger charge is 2.18. The van der Waals surface area contributed by atoms with Gasteiger partial charge in [-0.05, 0) is 59.3 Å². The van der Waals surface area contributed by atoms with Gasteiger partial charge in [-0.25, -0.2) is 4.98 Å². The maximum atomic E-state index is 10.0. The molecular formula is C15H13Br2N3O. The van der Waals surface area contributed by atoms with E-state index in [1.165, 1.54) is 0 Å². The van der Waals surface area contributed by atoms with Crippen LogP contribution in [0.25, 0.3) is 16.7 Å². The predicted octanol–water partition coefficient (Wildman–Crippen LogP) is 4.19. The number of imidazole rings is 1. The lowest BCUT2D eigenvalue weighted by Crippen LogP contribution is -2.05. The van der Waals surface area contributed by atoms with Crippen LogP contribution in [0.4, 0.5) is 5.69 Å². The quantitative estimate of drug-likeness (QED) is 0.622. The van der Waals surface area contributed by atoms with Crippen molar-refractivity contribution in [3.05, 3.63) is 51.2 Å². The average Bonchev–Trinajstić information content (AvgIpc) is 2.77. The molecule has 0 bridgehead atoms. The Morgan fingerprint density at radius 1 is 1.19 bits per heavy atom. The summed E-state index contributed by atoms with van der Waals surface area (Å²) in [4.78, 5) is 4.51. The predicted molar refractivity (Wildman–Crippen MR) is 91.5 cm³/mol. The molecule has 0 fully saturated rings. The van der Waals surface area contributed by atoms with Gasteiger partial charge in [-0.1, -0.05) is 15.9 Å². The molecule has 0 saturated carbocycles. The molecule has 0 aliphatic carbocycles. The number of aliphatic hydroxyl groups is 1. The maximum Gasteiger partial charge on any atom is 0.143 e. The van der Waals surface area contributed by atoms with Gasteiger partial charge < -0.3 is 10.8 Å². The van der Waals surface area contributed by atoms with E-state index in [0.717, 1.165) is 25.7 Å². The van der Waals surface area contributed by atoms with Gasteiger partial charge in [0, 0.05) is 14.6 Å². The molecule has 4 nitrogen and oxygen atoms in total. The SMILES string of the molecule is CC(O)c1nc2cc(N)ccc2n1-c1ccc(Br)cc1Br. The topological polar surface area (TPSA) is 64.1 Å². The highest BCUT2D eigenvalue weighted by Crippen LogP contribution is 2.32. The lowest BCUT2D eigenvalue weighted by atomic mass is 10.2. The van der Waals surface area contributed by atoms with Gasteiger partial charge in [-0.3, -0.25) is 4.57 Å². The smallest absolute Gasteiger partial charge is 0.143 e. The van der Waals surface area contributed by atoms with E-state index in [2.05, 4.69) is 36.8 Å². The monoisotopic (exact) mass is 409 g/mol. The minimum atomic E-state index is -0.686. The normalized spacial score (nSPS) is 12.8. The summed E-state index contributed by atoms with van der Waals surface area (Å²) < 4.78 is 3.83. The van der Waals surface area contributed by atoms with E-state index in [-0.39, 0.29) is 0 Å². The first-order valence-corrected chi connectivity index (χ1v) is 7.97. The summed E-state index contributed by atoms with van der Waals surface area (Å²) in [5.74, 6) is 0.582. The third kappa shape index (κ3) is 2.59. The first kappa shape index (κ1) is 14.6. The number of rotatable bonds is 2. The van der Waals surface area contributed by atoms with Gasteiger partial charge in [-0.2, -0.15) is 0 Å². The van der Waals surface area contributed by atoms with Crippen LogP contribution < -0.4 is 5.73 Å². The number of anilines is 1. The van der Waals surface area contributed by atoms with Crippen molar-refractivity contribution < 1.29 is 5.11 Å². The lowest BCUT2D eigenvalue weighted by molar-refractivity contribution is 0.187. The van der Waals surface area contributed by atoms with Crippen LogP contribution in [0.3, 0.4) is 0 Å². The second-order valence-corrected chi connectivity index (χ2v) is 6.60. The number of hydrogen-bond acceptors (Lipinski definition) is 3. The number of nitrogens with two attached hydrogens (primary N) is 1. The average molecular weight is 411 g/mol. The Morgan fingerprint density at radius 2 is 1.95 bits per heavy atom. The van der Waals surface area contributed by atoms with Gasteiger partial charge >= 0.3 is 0 Å². The fourth-order valence-electron chi connectivity index (χ4n) is 2.31. The number of nitrogens with zero attached hydrogens (tertiary/aromatic N) is 2. The van der Waals surface area contributed by atoms with Gasteiger partial charge in [0.15, 0.2) is 0 Å². The van der Waals surface area contributed by atoms with E-state index in [0.29, 0.717) is 11.5 Å². The zero-order valence-electron chi connectivity index (χ0n) is 11.2. The van der Waals surface area contributed by atoms with Gasteiger partial charge in [0.1, 0.15) is 11.9 Å². The van der Waals surface area contributed by atoms with Crippen LogP contribution >= 0.6 is 31.9 Å². The number of aliphatic hydroxyl groups excluding tert-OH is 1. The van der Waals surface area contributed by atoms with Crippen LogP contribution in [-0.2, 0) is 0 Å². The summed E-state index contributed by atoms with van der Waals surface area (Å²) in [6.45, 7) is 1.70.